The molecule has 1 aromatic carbocycles. The fourth-order valence-electron chi connectivity index (χ4n) is 2.11. The third kappa shape index (κ3) is 3.52. The highest BCUT2D eigenvalue weighted by Crippen LogP contribution is 2.45. The first kappa shape index (κ1) is 14.9. The lowest BCUT2D eigenvalue weighted by Crippen LogP contribution is -2.40. The van der Waals surface area contributed by atoms with E-state index >= 15 is 0 Å². The molecule has 5 nitrogen and oxygen atoms in total. The summed E-state index contributed by atoms with van der Waals surface area (Å²) in [6.45, 7) is 5.44. The number of alkyl carbamates (subject to hydrolysis) is 1. The summed E-state index contributed by atoms with van der Waals surface area (Å²) in [5.41, 5.74) is 0.310. The minimum absolute atomic E-state index is 0.416. The van der Waals surface area contributed by atoms with Crippen LogP contribution in [0.15, 0.2) is 24.3 Å². The normalized spacial score (nSPS) is 16.4. The van der Waals surface area contributed by atoms with Gasteiger partial charge in [0.05, 0.1) is 5.54 Å². The van der Waals surface area contributed by atoms with Crippen molar-refractivity contribution in [3.63, 3.8) is 0 Å². The summed E-state index contributed by atoms with van der Waals surface area (Å²) in [6.07, 6.45) is 1.18. The van der Waals surface area contributed by atoms with Gasteiger partial charge in [0.1, 0.15) is 5.60 Å². The van der Waals surface area contributed by atoms with Crippen molar-refractivity contribution in [3.05, 3.63) is 29.8 Å². The van der Waals surface area contributed by atoms with Gasteiger partial charge < -0.3 is 20.1 Å². The lowest BCUT2D eigenvalue weighted by molar-refractivity contribution is 0.0495. The van der Waals surface area contributed by atoms with Crippen molar-refractivity contribution in [2.24, 2.45) is 0 Å². The van der Waals surface area contributed by atoms with Gasteiger partial charge >= 0.3 is 13.2 Å². The Kier molecular flexibility index (Phi) is 3.80. The molecule has 0 radical (unpaired) electrons. The van der Waals surface area contributed by atoms with Gasteiger partial charge in [-0.25, -0.2) is 4.79 Å². The molecular formula is C14H20BNO4. The first-order chi connectivity index (χ1) is 9.22. The van der Waals surface area contributed by atoms with Gasteiger partial charge in [-0.1, -0.05) is 24.3 Å². The Morgan fingerprint density at radius 2 is 2.00 bits per heavy atom. The maximum Gasteiger partial charge on any atom is 0.488 e. The average Bonchev–Trinajstić information content (AvgIpc) is 3.07. The van der Waals surface area contributed by atoms with E-state index in [1.807, 2.05) is 26.8 Å². The molecule has 108 valence electrons. The molecule has 20 heavy (non-hydrogen) atoms. The maximum atomic E-state index is 11.9. The zero-order chi connectivity index (χ0) is 15.0. The van der Waals surface area contributed by atoms with E-state index in [0.717, 1.165) is 18.4 Å². The first-order valence-electron chi connectivity index (χ1n) is 6.70. The molecule has 0 bridgehead atoms. The highest BCUT2D eigenvalue weighted by molar-refractivity contribution is 6.58. The van der Waals surface area contributed by atoms with Gasteiger partial charge in [0.15, 0.2) is 0 Å². The van der Waals surface area contributed by atoms with Crippen LogP contribution in [0.25, 0.3) is 0 Å². The highest BCUT2D eigenvalue weighted by atomic mass is 16.6. The summed E-state index contributed by atoms with van der Waals surface area (Å²) in [6, 6.07) is 6.96. The summed E-state index contributed by atoms with van der Waals surface area (Å²) in [5, 5.41) is 21.3. The molecular weight excluding hydrogens is 257 g/mol. The monoisotopic (exact) mass is 277 g/mol. The second-order valence-corrected chi connectivity index (χ2v) is 6.21. The van der Waals surface area contributed by atoms with Crippen molar-refractivity contribution >= 4 is 18.7 Å². The van der Waals surface area contributed by atoms with Crippen LogP contribution in [0.5, 0.6) is 0 Å². The molecule has 3 N–H and O–H groups in total. The summed E-state index contributed by atoms with van der Waals surface area (Å²) < 4.78 is 5.26. The SMILES string of the molecule is CC(C)(C)OC(=O)NC1(c2cccc(B(O)O)c2)CC1. The summed E-state index contributed by atoms with van der Waals surface area (Å²) in [4.78, 5) is 11.9. The van der Waals surface area contributed by atoms with Crippen LogP contribution >= 0.6 is 0 Å². The Morgan fingerprint density at radius 1 is 1.35 bits per heavy atom. The summed E-state index contributed by atoms with van der Waals surface area (Å²) >= 11 is 0. The minimum atomic E-state index is -1.51. The fraction of sp³-hybridized carbons (Fsp3) is 0.500. The maximum absolute atomic E-state index is 11.9. The van der Waals surface area contributed by atoms with Crippen LogP contribution in [0, 0.1) is 0 Å². The molecule has 1 aromatic rings. The van der Waals surface area contributed by atoms with Crippen LogP contribution in [-0.2, 0) is 10.3 Å². The molecule has 1 saturated carbocycles. The molecule has 0 spiro atoms. The van der Waals surface area contributed by atoms with E-state index in [2.05, 4.69) is 5.32 Å². The van der Waals surface area contributed by atoms with Gasteiger partial charge in [-0.3, -0.25) is 0 Å². The highest BCUT2D eigenvalue weighted by Gasteiger charge is 2.46. The Hall–Kier alpha value is -1.53. The second-order valence-electron chi connectivity index (χ2n) is 6.21. The lowest BCUT2D eigenvalue weighted by atomic mass is 9.79. The molecule has 6 heteroatoms. The molecule has 2 rings (SSSR count). The largest absolute Gasteiger partial charge is 0.488 e. The van der Waals surface area contributed by atoms with E-state index in [-0.39, 0.29) is 0 Å². The van der Waals surface area contributed by atoms with Gasteiger partial charge in [0.2, 0.25) is 0 Å². The third-order valence-electron chi connectivity index (χ3n) is 3.23. The molecule has 1 amide bonds. The molecule has 0 atom stereocenters. The van der Waals surface area contributed by atoms with Gasteiger partial charge in [-0.05, 0) is 44.6 Å². The van der Waals surface area contributed by atoms with E-state index in [9.17, 15) is 14.8 Å². The predicted molar refractivity (Wildman–Crippen MR) is 76.5 cm³/mol. The van der Waals surface area contributed by atoms with Crippen LogP contribution in [0.4, 0.5) is 4.79 Å². The van der Waals surface area contributed by atoms with E-state index < -0.39 is 24.4 Å². The second kappa shape index (κ2) is 5.11. The number of benzene rings is 1. The van der Waals surface area contributed by atoms with Crippen LogP contribution < -0.4 is 10.8 Å². The standard InChI is InChI=1S/C14H20BNO4/c1-13(2,3)20-12(17)16-14(7-8-14)10-5-4-6-11(9-10)15(18)19/h4-6,9,18-19H,7-8H2,1-3H3,(H,16,17). The Bertz CT molecular complexity index is 506. The Morgan fingerprint density at radius 3 is 2.50 bits per heavy atom. The Balaban J connectivity index is 2.12. The third-order valence-corrected chi connectivity index (χ3v) is 3.23. The molecule has 0 unspecified atom stereocenters. The molecule has 0 aliphatic heterocycles. The van der Waals surface area contributed by atoms with E-state index in [1.54, 1.807) is 18.2 Å². The summed E-state index contributed by atoms with van der Waals surface area (Å²) in [7, 11) is -1.51. The van der Waals surface area contributed by atoms with Crippen molar-refractivity contribution in [3.8, 4) is 0 Å². The van der Waals surface area contributed by atoms with E-state index in [4.69, 9.17) is 4.74 Å². The molecule has 0 aromatic heterocycles. The topological polar surface area (TPSA) is 78.8 Å². The minimum Gasteiger partial charge on any atom is -0.444 e. The van der Waals surface area contributed by atoms with Crippen molar-refractivity contribution < 1.29 is 19.6 Å². The van der Waals surface area contributed by atoms with Gasteiger partial charge in [0.25, 0.3) is 0 Å². The van der Waals surface area contributed by atoms with Crippen molar-refractivity contribution in [2.45, 2.75) is 44.8 Å². The van der Waals surface area contributed by atoms with Crippen molar-refractivity contribution in [1.82, 2.24) is 5.32 Å². The number of ether oxygens (including phenoxy) is 1. The smallest absolute Gasteiger partial charge is 0.444 e. The molecule has 0 heterocycles. The van der Waals surface area contributed by atoms with E-state index in [1.165, 1.54) is 0 Å². The number of nitrogens with one attached hydrogen (secondary N) is 1. The quantitative estimate of drug-likeness (QED) is 0.717. The van der Waals surface area contributed by atoms with Crippen molar-refractivity contribution in [2.75, 3.05) is 0 Å². The van der Waals surface area contributed by atoms with E-state index in [0.29, 0.717) is 5.46 Å². The number of carbonyl (C=O) groups excluding carboxylic acids is 1. The van der Waals surface area contributed by atoms with Crippen LogP contribution in [-0.4, -0.2) is 28.9 Å². The van der Waals surface area contributed by atoms with Crippen molar-refractivity contribution in [1.29, 1.82) is 0 Å². The molecule has 1 fully saturated rings. The van der Waals surface area contributed by atoms with Crippen LogP contribution in [0.3, 0.4) is 0 Å². The number of amides is 1. The zero-order valence-electron chi connectivity index (χ0n) is 12.0. The van der Waals surface area contributed by atoms with Crippen LogP contribution in [0.1, 0.15) is 39.2 Å². The predicted octanol–water partition coefficient (Wildman–Crippen LogP) is 0.880. The molecule has 1 aliphatic rings. The Labute approximate surface area is 119 Å². The molecule has 0 saturated heterocycles. The number of rotatable bonds is 3. The average molecular weight is 277 g/mol. The number of carbonyl (C=O) groups is 1. The first-order valence-corrected chi connectivity index (χ1v) is 6.70. The van der Waals surface area contributed by atoms with Crippen LogP contribution in [0.2, 0.25) is 0 Å². The lowest BCUT2D eigenvalue weighted by Gasteiger charge is -2.24. The number of hydrogen-bond donors (Lipinski definition) is 3. The number of hydrogen-bond acceptors (Lipinski definition) is 4. The van der Waals surface area contributed by atoms with Gasteiger partial charge in [-0.15, -0.1) is 0 Å². The van der Waals surface area contributed by atoms with Gasteiger partial charge in [-0.2, -0.15) is 0 Å². The summed E-state index contributed by atoms with van der Waals surface area (Å²) in [5.74, 6) is 0. The van der Waals surface area contributed by atoms with Gasteiger partial charge in [0, 0.05) is 0 Å². The fourth-order valence-corrected chi connectivity index (χ4v) is 2.11. The molecule has 1 aliphatic carbocycles. The zero-order valence-corrected chi connectivity index (χ0v) is 12.0.